The van der Waals surface area contributed by atoms with Crippen LogP contribution in [0.25, 0.3) is 0 Å². The molecule has 0 atom stereocenters. The molecule has 0 saturated heterocycles. The molecule has 0 unspecified atom stereocenters. The topological polar surface area (TPSA) is 89.5 Å². The number of carbonyl (C=O) groups is 2. The van der Waals surface area contributed by atoms with Gasteiger partial charge in [0.1, 0.15) is 11.5 Å². The van der Waals surface area contributed by atoms with Crippen LogP contribution >= 0.6 is 11.6 Å². The Kier molecular flexibility index (Phi) is 5.37. The Morgan fingerprint density at radius 2 is 1.78 bits per heavy atom. The van der Waals surface area contributed by atoms with E-state index in [0.717, 1.165) is 0 Å². The molecule has 2 aromatic rings. The minimum Gasteiger partial charge on any atom is -0.495 e. The molecular weight excluding hydrogens is 322 g/mol. The van der Waals surface area contributed by atoms with Crippen LogP contribution in [0.3, 0.4) is 0 Å². The molecule has 2 N–H and O–H groups in total. The highest BCUT2D eigenvalue weighted by atomic mass is 35.5. The number of nitrogens with one attached hydrogen (secondary N) is 2. The number of carbonyl (C=O) groups excluding carboxylic acids is 2. The predicted octanol–water partition coefficient (Wildman–Crippen LogP) is 2.33. The predicted molar refractivity (Wildman–Crippen MR) is 86.1 cm³/mol. The summed E-state index contributed by atoms with van der Waals surface area (Å²) in [5.41, 5.74) is 0.674. The van der Waals surface area contributed by atoms with E-state index < -0.39 is 11.8 Å². The number of nitrogens with zero attached hydrogens (tertiary/aromatic N) is 1. The summed E-state index contributed by atoms with van der Waals surface area (Å²) in [6.45, 7) is 0. The van der Waals surface area contributed by atoms with Gasteiger partial charge < -0.3 is 20.1 Å². The van der Waals surface area contributed by atoms with Crippen molar-refractivity contribution in [1.29, 1.82) is 0 Å². The number of halogens is 1. The van der Waals surface area contributed by atoms with Crippen molar-refractivity contribution in [2.75, 3.05) is 24.9 Å². The summed E-state index contributed by atoms with van der Waals surface area (Å²) in [5.74, 6) is -1.06. The number of hydrogen-bond acceptors (Lipinski definition) is 5. The van der Waals surface area contributed by atoms with E-state index in [0.29, 0.717) is 22.2 Å². The SMILES string of the molecule is COc1cc(NC(=O)C(=O)Nc2cccnc2)c(OC)cc1Cl. The molecule has 0 aliphatic carbocycles. The lowest BCUT2D eigenvalue weighted by atomic mass is 10.2. The highest BCUT2D eigenvalue weighted by Crippen LogP contribution is 2.35. The fourth-order valence-corrected chi connectivity index (χ4v) is 1.99. The Morgan fingerprint density at radius 1 is 1.09 bits per heavy atom. The van der Waals surface area contributed by atoms with E-state index in [1.165, 1.54) is 32.5 Å². The van der Waals surface area contributed by atoms with Crippen LogP contribution in [0, 0.1) is 0 Å². The number of amides is 2. The van der Waals surface area contributed by atoms with Crippen LogP contribution < -0.4 is 20.1 Å². The van der Waals surface area contributed by atoms with Crippen molar-refractivity contribution in [1.82, 2.24) is 4.98 Å². The molecule has 120 valence electrons. The number of aromatic nitrogens is 1. The van der Waals surface area contributed by atoms with Crippen molar-refractivity contribution in [2.45, 2.75) is 0 Å². The first-order chi connectivity index (χ1) is 11.0. The summed E-state index contributed by atoms with van der Waals surface area (Å²) in [5, 5.41) is 5.20. The van der Waals surface area contributed by atoms with Crippen LogP contribution in [0.1, 0.15) is 0 Å². The van der Waals surface area contributed by atoms with Crippen molar-refractivity contribution in [3.63, 3.8) is 0 Å². The Labute approximate surface area is 137 Å². The van der Waals surface area contributed by atoms with Crippen molar-refractivity contribution < 1.29 is 19.1 Å². The molecule has 0 spiro atoms. The molecule has 0 aliphatic rings. The summed E-state index contributed by atoms with van der Waals surface area (Å²) in [6, 6.07) is 6.20. The van der Waals surface area contributed by atoms with Crippen LogP contribution in [0.2, 0.25) is 5.02 Å². The Bertz CT molecular complexity index is 722. The molecule has 2 amide bonds. The molecule has 0 saturated carbocycles. The standard InChI is InChI=1S/C15H14ClN3O4/c1-22-12-7-11(13(23-2)6-10(12)16)19-15(21)14(20)18-9-4-3-5-17-8-9/h3-8H,1-2H3,(H,18,20)(H,19,21). The second-order valence-electron chi connectivity index (χ2n) is 4.34. The number of hydrogen-bond donors (Lipinski definition) is 2. The maximum atomic E-state index is 12.0. The van der Waals surface area contributed by atoms with Gasteiger partial charge in [0.15, 0.2) is 0 Å². The molecule has 8 heteroatoms. The highest BCUT2D eigenvalue weighted by molar-refractivity contribution is 6.43. The first kappa shape index (κ1) is 16.6. The van der Waals surface area contributed by atoms with Crippen LogP contribution in [0.5, 0.6) is 11.5 Å². The Hall–Kier alpha value is -2.80. The van der Waals surface area contributed by atoms with Gasteiger partial charge in [-0.05, 0) is 12.1 Å². The lowest BCUT2D eigenvalue weighted by molar-refractivity contribution is -0.133. The van der Waals surface area contributed by atoms with E-state index in [1.54, 1.807) is 18.3 Å². The van der Waals surface area contributed by atoms with E-state index in [-0.39, 0.29) is 5.69 Å². The zero-order valence-corrected chi connectivity index (χ0v) is 13.2. The quantitative estimate of drug-likeness (QED) is 0.837. The maximum absolute atomic E-state index is 12.0. The summed E-state index contributed by atoms with van der Waals surface area (Å²) in [4.78, 5) is 27.7. The second-order valence-corrected chi connectivity index (χ2v) is 4.74. The normalized spacial score (nSPS) is 9.87. The van der Waals surface area contributed by atoms with Crippen LogP contribution in [0.4, 0.5) is 11.4 Å². The van der Waals surface area contributed by atoms with E-state index in [1.807, 2.05) is 0 Å². The van der Waals surface area contributed by atoms with E-state index in [9.17, 15) is 9.59 Å². The van der Waals surface area contributed by atoms with E-state index in [2.05, 4.69) is 15.6 Å². The third-order valence-electron chi connectivity index (χ3n) is 2.85. The zero-order valence-electron chi connectivity index (χ0n) is 12.4. The number of pyridine rings is 1. The van der Waals surface area contributed by atoms with E-state index in [4.69, 9.17) is 21.1 Å². The molecular formula is C15H14ClN3O4. The molecule has 0 radical (unpaired) electrons. The van der Waals surface area contributed by atoms with E-state index >= 15 is 0 Å². The zero-order chi connectivity index (χ0) is 16.8. The lowest BCUT2D eigenvalue weighted by Gasteiger charge is -2.13. The van der Waals surface area contributed by atoms with Crippen molar-refractivity contribution in [2.24, 2.45) is 0 Å². The Morgan fingerprint density at radius 3 is 2.39 bits per heavy atom. The van der Waals surface area contributed by atoms with Gasteiger partial charge in [0.05, 0.1) is 36.8 Å². The average molecular weight is 336 g/mol. The fraction of sp³-hybridized carbons (Fsp3) is 0.133. The van der Waals surface area contributed by atoms with Crippen LogP contribution in [-0.4, -0.2) is 31.0 Å². The number of methoxy groups -OCH3 is 2. The second kappa shape index (κ2) is 7.46. The summed E-state index contributed by atoms with van der Waals surface area (Å²) >= 11 is 5.98. The fourth-order valence-electron chi connectivity index (χ4n) is 1.76. The first-order valence-electron chi connectivity index (χ1n) is 6.49. The maximum Gasteiger partial charge on any atom is 0.314 e. The number of anilines is 2. The number of ether oxygens (including phenoxy) is 2. The lowest BCUT2D eigenvalue weighted by Crippen LogP contribution is -2.29. The first-order valence-corrected chi connectivity index (χ1v) is 6.87. The van der Waals surface area contributed by atoms with Crippen LogP contribution in [-0.2, 0) is 9.59 Å². The van der Waals surface area contributed by atoms with Gasteiger partial charge in [-0.1, -0.05) is 11.6 Å². The molecule has 23 heavy (non-hydrogen) atoms. The molecule has 1 aromatic heterocycles. The molecule has 0 fully saturated rings. The third kappa shape index (κ3) is 4.10. The van der Waals surface area contributed by atoms with Gasteiger partial charge in [0, 0.05) is 18.3 Å². The molecule has 2 rings (SSSR count). The monoisotopic (exact) mass is 335 g/mol. The molecule has 7 nitrogen and oxygen atoms in total. The van der Waals surface area contributed by atoms with Crippen molar-refractivity contribution in [3.8, 4) is 11.5 Å². The minimum atomic E-state index is -0.864. The molecule has 1 heterocycles. The van der Waals surface area contributed by atoms with Gasteiger partial charge in [-0.3, -0.25) is 14.6 Å². The molecule has 0 aliphatic heterocycles. The number of rotatable bonds is 4. The van der Waals surface area contributed by atoms with Gasteiger partial charge >= 0.3 is 11.8 Å². The smallest absolute Gasteiger partial charge is 0.314 e. The average Bonchev–Trinajstić information content (AvgIpc) is 2.56. The number of benzene rings is 1. The van der Waals surface area contributed by atoms with Crippen LogP contribution in [0.15, 0.2) is 36.7 Å². The third-order valence-corrected chi connectivity index (χ3v) is 3.14. The summed E-state index contributed by atoms with van der Waals surface area (Å²) in [6.07, 6.45) is 2.98. The van der Waals surface area contributed by atoms with Crippen molar-refractivity contribution >= 4 is 34.8 Å². The van der Waals surface area contributed by atoms with Gasteiger partial charge in [-0.15, -0.1) is 0 Å². The van der Waals surface area contributed by atoms with Gasteiger partial charge in [0.2, 0.25) is 0 Å². The molecule has 0 bridgehead atoms. The largest absolute Gasteiger partial charge is 0.495 e. The van der Waals surface area contributed by atoms with Gasteiger partial charge in [-0.2, -0.15) is 0 Å². The Balaban J connectivity index is 2.14. The van der Waals surface area contributed by atoms with Crippen molar-refractivity contribution in [3.05, 3.63) is 41.7 Å². The minimum absolute atomic E-state index is 0.264. The summed E-state index contributed by atoms with van der Waals surface area (Å²) in [7, 11) is 2.86. The summed E-state index contributed by atoms with van der Waals surface area (Å²) < 4.78 is 10.2. The van der Waals surface area contributed by atoms with Gasteiger partial charge in [-0.25, -0.2) is 0 Å². The van der Waals surface area contributed by atoms with Gasteiger partial charge in [0.25, 0.3) is 0 Å². The molecule has 1 aromatic carbocycles. The highest BCUT2D eigenvalue weighted by Gasteiger charge is 2.18.